The largest absolute Gasteiger partial charge is 0.367 e. The Kier molecular flexibility index (Phi) is 4.26. The van der Waals surface area contributed by atoms with Gasteiger partial charge in [0.25, 0.3) is 0 Å². The van der Waals surface area contributed by atoms with Crippen molar-refractivity contribution in [1.82, 2.24) is 10.1 Å². The number of ether oxygens (including phenoxy) is 1. The maximum Gasteiger partial charge on any atom is 0.234 e. The summed E-state index contributed by atoms with van der Waals surface area (Å²) in [4.78, 5) is 4.63. The van der Waals surface area contributed by atoms with E-state index >= 15 is 0 Å². The predicted octanol–water partition coefficient (Wildman–Crippen LogP) is 2.50. The van der Waals surface area contributed by atoms with Gasteiger partial charge in [-0.1, -0.05) is 25.4 Å². The highest BCUT2D eigenvalue weighted by atomic mass is 16.5. The molecule has 5 heteroatoms. The Balaban J connectivity index is 2.28. The molecule has 0 atom stereocenters. The van der Waals surface area contributed by atoms with Gasteiger partial charge in [0.2, 0.25) is 11.7 Å². The van der Waals surface area contributed by atoms with Gasteiger partial charge in [0.15, 0.2) is 0 Å². The maximum absolute atomic E-state index is 5.91. The molecule has 0 amide bonds. The van der Waals surface area contributed by atoms with Crippen molar-refractivity contribution < 1.29 is 9.26 Å². The molecule has 0 spiro atoms. The summed E-state index contributed by atoms with van der Waals surface area (Å²) in [5, 5.41) is 4.18. The number of hydrogen-bond acceptors (Lipinski definition) is 5. The zero-order valence-electron chi connectivity index (χ0n) is 12.2. The van der Waals surface area contributed by atoms with Gasteiger partial charge in [-0.15, -0.1) is 0 Å². The molecule has 0 aliphatic heterocycles. The summed E-state index contributed by atoms with van der Waals surface area (Å²) in [5.74, 6) is 1.37. The molecule has 1 fully saturated rings. The molecule has 2 N–H and O–H groups in total. The molecule has 1 aromatic heterocycles. The quantitative estimate of drug-likeness (QED) is 0.821. The Morgan fingerprint density at radius 3 is 2.42 bits per heavy atom. The van der Waals surface area contributed by atoms with E-state index < -0.39 is 5.60 Å². The standard InChI is InChI=1S/C14H25N3O2/c1-4-14(5-2,18-6-3)11-16-12(19-17-11)13(10-15)8-7-9-13/h4-10,15H2,1-3H3. The van der Waals surface area contributed by atoms with Crippen LogP contribution >= 0.6 is 0 Å². The van der Waals surface area contributed by atoms with Crippen LogP contribution in [-0.2, 0) is 15.8 Å². The van der Waals surface area contributed by atoms with Crippen molar-refractivity contribution in [3.8, 4) is 0 Å². The van der Waals surface area contributed by atoms with Gasteiger partial charge in [0.1, 0.15) is 5.60 Å². The molecule has 0 unspecified atom stereocenters. The van der Waals surface area contributed by atoms with E-state index in [0.29, 0.717) is 24.9 Å². The molecule has 0 bridgehead atoms. The summed E-state index contributed by atoms with van der Waals surface area (Å²) in [6, 6.07) is 0. The van der Waals surface area contributed by atoms with Crippen molar-refractivity contribution in [3.05, 3.63) is 11.7 Å². The molecule has 0 saturated heterocycles. The minimum absolute atomic E-state index is 0.0787. The number of hydrogen-bond donors (Lipinski definition) is 1. The highest BCUT2D eigenvalue weighted by molar-refractivity contribution is 5.13. The lowest BCUT2D eigenvalue weighted by Crippen LogP contribution is -2.42. The van der Waals surface area contributed by atoms with E-state index in [9.17, 15) is 0 Å². The Morgan fingerprint density at radius 2 is 2.00 bits per heavy atom. The summed E-state index contributed by atoms with van der Waals surface area (Å²) in [7, 11) is 0. The first-order valence-corrected chi connectivity index (χ1v) is 7.35. The lowest BCUT2D eigenvalue weighted by Gasteiger charge is -2.37. The molecule has 0 aromatic carbocycles. The predicted molar refractivity (Wildman–Crippen MR) is 72.8 cm³/mol. The second-order valence-corrected chi connectivity index (χ2v) is 5.40. The number of aromatic nitrogens is 2. The van der Waals surface area contributed by atoms with E-state index in [2.05, 4.69) is 24.0 Å². The fourth-order valence-corrected chi connectivity index (χ4v) is 2.84. The minimum atomic E-state index is -0.421. The summed E-state index contributed by atoms with van der Waals surface area (Å²) >= 11 is 0. The first-order chi connectivity index (χ1) is 9.16. The van der Waals surface area contributed by atoms with Crippen LogP contribution in [0.25, 0.3) is 0 Å². The van der Waals surface area contributed by atoms with Gasteiger partial charge < -0.3 is 15.0 Å². The number of nitrogens with zero attached hydrogens (tertiary/aromatic N) is 2. The molecule has 2 rings (SSSR count). The van der Waals surface area contributed by atoms with Crippen LogP contribution in [0.4, 0.5) is 0 Å². The highest BCUT2D eigenvalue weighted by Gasteiger charge is 2.44. The molecule has 1 aliphatic carbocycles. The van der Waals surface area contributed by atoms with Crippen LogP contribution in [0, 0.1) is 0 Å². The van der Waals surface area contributed by atoms with Gasteiger partial charge in [0.05, 0.1) is 5.41 Å². The molecule has 1 heterocycles. The monoisotopic (exact) mass is 267 g/mol. The van der Waals surface area contributed by atoms with Crippen LogP contribution in [-0.4, -0.2) is 23.3 Å². The van der Waals surface area contributed by atoms with Crippen molar-refractivity contribution in [2.24, 2.45) is 5.73 Å². The molecule has 19 heavy (non-hydrogen) atoms. The average Bonchev–Trinajstić information content (AvgIpc) is 2.86. The zero-order valence-corrected chi connectivity index (χ0v) is 12.2. The van der Waals surface area contributed by atoms with Gasteiger partial charge in [-0.05, 0) is 32.6 Å². The van der Waals surface area contributed by atoms with Crippen LogP contribution < -0.4 is 5.73 Å². The van der Waals surface area contributed by atoms with Crippen molar-refractivity contribution in [3.63, 3.8) is 0 Å². The summed E-state index contributed by atoms with van der Waals surface area (Å²) in [6.45, 7) is 7.41. The third kappa shape index (κ3) is 2.30. The van der Waals surface area contributed by atoms with E-state index in [4.69, 9.17) is 15.0 Å². The van der Waals surface area contributed by atoms with Crippen LogP contribution in [0.1, 0.15) is 64.6 Å². The van der Waals surface area contributed by atoms with Crippen LogP contribution in [0.2, 0.25) is 0 Å². The van der Waals surface area contributed by atoms with Gasteiger partial charge >= 0.3 is 0 Å². The van der Waals surface area contributed by atoms with Crippen LogP contribution in [0.3, 0.4) is 0 Å². The molecule has 1 aliphatic rings. The smallest absolute Gasteiger partial charge is 0.234 e. The van der Waals surface area contributed by atoms with Crippen LogP contribution in [0.5, 0.6) is 0 Å². The first-order valence-electron chi connectivity index (χ1n) is 7.35. The first kappa shape index (κ1) is 14.5. The number of nitrogens with two attached hydrogens (primary N) is 1. The van der Waals surface area contributed by atoms with Crippen molar-refractivity contribution >= 4 is 0 Å². The van der Waals surface area contributed by atoms with Crippen molar-refractivity contribution in [2.75, 3.05) is 13.2 Å². The molecule has 0 radical (unpaired) electrons. The second kappa shape index (κ2) is 5.59. The normalized spacial score (nSPS) is 18.3. The van der Waals surface area contributed by atoms with Gasteiger partial charge in [-0.25, -0.2) is 0 Å². The third-order valence-electron chi connectivity index (χ3n) is 4.55. The van der Waals surface area contributed by atoms with Crippen LogP contribution in [0.15, 0.2) is 4.52 Å². The lowest BCUT2D eigenvalue weighted by atomic mass is 9.69. The van der Waals surface area contributed by atoms with E-state index in [1.807, 2.05) is 6.92 Å². The minimum Gasteiger partial charge on any atom is -0.367 e. The van der Waals surface area contributed by atoms with Gasteiger partial charge in [-0.3, -0.25) is 0 Å². The molecule has 5 nitrogen and oxygen atoms in total. The summed E-state index contributed by atoms with van der Waals surface area (Å²) < 4.78 is 11.4. The van der Waals surface area contributed by atoms with Crippen molar-refractivity contribution in [1.29, 1.82) is 0 Å². The zero-order chi connectivity index (χ0) is 13.9. The molecular formula is C14H25N3O2. The Hall–Kier alpha value is -0.940. The molecular weight excluding hydrogens is 242 g/mol. The van der Waals surface area contributed by atoms with Gasteiger partial charge in [0, 0.05) is 13.2 Å². The molecule has 108 valence electrons. The third-order valence-corrected chi connectivity index (χ3v) is 4.55. The fourth-order valence-electron chi connectivity index (χ4n) is 2.84. The Labute approximate surface area is 114 Å². The molecule has 1 aromatic rings. The van der Waals surface area contributed by atoms with E-state index in [-0.39, 0.29) is 5.41 Å². The number of rotatable bonds is 7. The summed E-state index contributed by atoms with van der Waals surface area (Å²) in [6.07, 6.45) is 4.96. The lowest BCUT2D eigenvalue weighted by molar-refractivity contribution is -0.0583. The van der Waals surface area contributed by atoms with Crippen molar-refractivity contribution in [2.45, 2.75) is 63.9 Å². The fraction of sp³-hybridized carbons (Fsp3) is 0.857. The topological polar surface area (TPSA) is 74.2 Å². The highest BCUT2D eigenvalue weighted by Crippen LogP contribution is 2.43. The maximum atomic E-state index is 5.91. The van der Waals surface area contributed by atoms with Gasteiger partial charge in [-0.2, -0.15) is 4.98 Å². The Bertz CT molecular complexity index is 403. The SMILES string of the molecule is CCOC(CC)(CC)c1noc(C2(CN)CCC2)n1. The van der Waals surface area contributed by atoms with E-state index in [0.717, 1.165) is 25.7 Å². The van der Waals surface area contributed by atoms with E-state index in [1.54, 1.807) is 0 Å². The Morgan fingerprint density at radius 1 is 1.32 bits per heavy atom. The van der Waals surface area contributed by atoms with E-state index in [1.165, 1.54) is 6.42 Å². The second-order valence-electron chi connectivity index (χ2n) is 5.40. The molecule has 1 saturated carbocycles. The average molecular weight is 267 g/mol. The summed E-state index contributed by atoms with van der Waals surface area (Å²) in [5.41, 5.74) is 5.38.